The van der Waals surface area contributed by atoms with E-state index in [0.29, 0.717) is 10.7 Å². The predicted molar refractivity (Wildman–Crippen MR) is 74.1 cm³/mol. The molecule has 1 aromatic carbocycles. The van der Waals surface area contributed by atoms with Crippen molar-refractivity contribution in [3.8, 4) is 0 Å². The molecule has 0 bridgehead atoms. The third kappa shape index (κ3) is 3.14. The van der Waals surface area contributed by atoms with Gasteiger partial charge in [-0.25, -0.2) is 0 Å². The Morgan fingerprint density at radius 1 is 1.47 bits per heavy atom. The van der Waals surface area contributed by atoms with Crippen LogP contribution < -0.4 is 5.73 Å². The summed E-state index contributed by atoms with van der Waals surface area (Å²) in [7, 11) is 0. The standard InChI is InChI=1S/C14H21ClN2/c1-10(2)12-5-6-17(9-12)8-11-3-4-14(16)13(15)7-11/h3-4,7,10,12H,5-6,8-9,16H2,1-2H3. The molecular weight excluding hydrogens is 232 g/mol. The zero-order valence-corrected chi connectivity index (χ0v) is 11.4. The molecule has 0 saturated carbocycles. The van der Waals surface area contributed by atoms with Crippen molar-refractivity contribution in [1.29, 1.82) is 0 Å². The quantitative estimate of drug-likeness (QED) is 0.836. The molecule has 3 heteroatoms. The topological polar surface area (TPSA) is 29.3 Å². The molecule has 1 unspecified atom stereocenters. The van der Waals surface area contributed by atoms with Crippen LogP contribution in [0.4, 0.5) is 5.69 Å². The van der Waals surface area contributed by atoms with Crippen molar-refractivity contribution in [3.63, 3.8) is 0 Å². The van der Waals surface area contributed by atoms with E-state index in [1.165, 1.54) is 25.1 Å². The van der Waals surface area contributed by atoms with Crippen molar-refractivity contribution >= 4 is 17.3 Å². The number of nitrogens with zero attached hydrogens (tertiary/aromatic N) is 1. The average Bonchev–Trinajstić information content (AvgIpc) is 2.72. The normalized spacial score (nSPS) is 21.3. The van der Waals surface area contributed by atoms with Gasteiger partial charge in [0, 0.05) is 13.1 Å². The van der Waals surface area contributed by atoms with Crippen molar-refractivity contribution in [2.45, 2.75) is 26.8 Å². The van der Waals surface area contributed by atoms with Gasteiger partial charge in [0.2, 0.25) is 0 Å². The fourth-order valence-corrected chi connectivity index (χ4v) is 2.68. The first-order valence-electron chi connectivity index (χ1n) is 6.32. The first kappa shape index (κ1) is 12.7. The second kappa shape index (κ2) is 5.28. The van der Waals surface area contributed by atoms with E-state index >= 15 is 0 Å². The fraction of sp³-hybridized carbons (Fsp3) is 0.571. The summed E-state index contributed by atoms with van der Waals surface area (Å²) in [5.74, 6) is 1.63. The molecule has 0 aromatic heterocycles. The number of halogens is 1. The van der Waals surface area contributed by atoms with E-state index < -0.39 is 0 Å². The first-order chi connectivity index (χ1) is 8.06. The maximum absolute atomic E-state index is 6.03. The Kier molecular flexibility index (Phi) is 3.95. The molecule has 1 aromatic rings. The van der Waals surface area contributed by atoms with Crippen molar-refractivity contribution in [1.82, 2.24) is 4.90 Å². The van der Waals surface area contributed by atoms with Gasteiger partial charge >= 0.3 is 0 Å². The molecule has 1 fully saturated rings. The number of nitrogen functional groups attached to an aromatic ring is 1. The van der Waals surface area contributed by atoms with Crippen LogP contribution in [0.2, 0.25) is 5.02 Å². The van der Waals surface area contributed by atoms with Crippen LogP contribution in [-0.2, 0) is 6.54 Å². The van der Waals surface area contributed by atoms with Crippen molar-refractivity contribution in [2.75, 3.05) is 18.8 Å². The summed E-state index contributed by atoms with van der Waals surface area (Å²) in [6, 6.07) is 5.96. The zero-order chi connectivity index (χ0) is 12.4. The maximum atomic E-state index is 6.03. The van der Waals surface area contributed by atoms with E-state index in [-0.39, 0.29) is 0 Å². The maximum Gasteiger partial charge on any atom is 0.0638 e. The molecule has 17 heavy (non-hydrogen) atoms. The van der Waals surface area contributed by atoms with Crippen molar-refractivity contribution in [3.05, 3.63) is 28.8 Å². The molecule has 2 rings (SSSR count). The second-order valence-electron chi connectivity index (χ2n) is 5.38. The summed E-state index contributed by atoms with van der Waals surface area (Å²) in [6.45, 7) is 8.02. The van der Waals surface area contributed by atoms with E-state index in [1.54, 1.807) is 0 Å². The number of hydrogen-bond donors (Lipinski definition) is 1. The van der Waals surface area contributed by atoms with Gasteiger partial charge in [-0.2, -0.15) is 0 Å². The van der Waals surface area contributed by atoms with Gasteiger partial charge in [-0.1, -0.05) is 31.5 Å². The van der Waals surface area contributed by atoms with Crippen LogP contribution in [0.25, 0.3) is 0 Å². The smallest absolute Gasteiger partial charge is 0.0638 e. The van der Waals surface area contributed by atoms with Gasteiger partial charge in [-0.15, -0.1) is 0 Å². The highest BCUT2D eigenvalue weighted by atomic mass is 35.5. The number of likely N-dealkylation sites (tertiary alicyclic amines) is 1. The number of benzene rings is 1. The molecule has 2 nitrogen and oxygen atoms in total. The highest BCUT2D eigenvalue weighted by molar-refractivity contribution is 6.33. The molecular formula is C14H21ClN2. The van der Waals surface area contributed by atoms with Crippen LogP contribution in [0, 0.1) is 11.8 Å². The summed E-state index contributed by atoms with van der Waals surface area (Å²) < 4.78 is 0. The molecule has 1 aliphatic rings. The Bertz CT molecular complexity index is 390. The molecule has 1 aliphatic heterocycles. The van der Waals surface area contributed by atoms with Crippen LogP contribution in [0.1, 0.15) is 25.8 Å². The van der Waals surface area contributed by atoms with Crippen LogP contribution in [0.3, 0.4) is 0 Å². The van der Waals surface area contributed by atoms with Crippen LogP contribution in [0.5, 0.6) is 0 Å². The third-order valence-corrected chi connectivity index (χ3v) is 4.05. The Labute approximate surface area is 109 Å². The molecule has 94 valence electrons. The summed E-state index contributed by atoms with van der Waals surface area (Å²) in [4.78, 5) is 2.51. The van der Waals surface area contributed by atoms with Crippen LogP contribution in [-0.4, -0.2) is 18.0 Å². The lowest BCUT2D eigenvalue weighted by Crippen LogP contribution is -2.21. The second-order valence-corrected chi connectivity index (χ2v) is 5.79. The van der Waals surface area contributed by atoms with E-state index in [1.807, 2.05) is 12.1 Å². The number of rotatable bonds is 3. The summed E-state index contributed by atoms with van der Waals surface area (Å²) in [5.41, 5.74) is 7.63. The van der Waals surface area contributed by atoms with Gasteiger partial charge in [0.05, 0.1) is 10.7 Å². The highest BCUT2D eigenvalue weighted by Gasteiger charge is 2.24. The lowest BCUT2D eigenvalue weighted by atomic mass is 9.95. The van der Waals surface area contributed by atoms with Crippen LogP contribution in [0.15, 0.2) is 18.2 Å². The van der Waals surface area contributed by atoms with Gasteiger partial charge in [-0.05, 0) is 42.5 Å². The lowest BCUT2D eigenvalue weighted by molar-refractivity contribution is 0.297. The number of anilines is 1. The third-order valence-electron chi connectivity index (χ3n) is 3.72. The Hall–Kier alpha value is -0.730. The number of hydrogen-bond acceptors (Lipinski definition) is 2. The van der Waals surface area contributed by atoms with Gasteiger partial charge in [0.25, 0.3) is 0 Å². The SMILES string of the molecule is CC(C)C1CCN(Cc2ccc(N)c(Cl)c2)C1. The minimum Gasteiger partial charge on any atom is -0.398 e. The van der Waals surface area contributed by atoms with E-state index in [9.17, 15) is 0 Å². The van der Waals surface area contributed by atoms with Crippen molar-refractivity contribution < 1.29 is 0 Å². The fourth-order valence-electron chi connectivity index (χ4n) is 2.48. The molecule has 0 amide bonds. The Morgan fingerprint density at radius 2 is 2.24 bits per heavy atom. The van der Waals surface area contributed by atoms with Crippen LogP contribution >= 0.6 is 11.6 Å². The number of nitrogens with two attached hydrogens (primary N) is 1. The largest absolute Gasteiger partial charge is 0.398 e. The first-order valence-corrected chi connectivity index (χ1v) is 6.70. The summed E-state index contributed by atoms with van der Waals surface area (Å²) >= 11 is 6.03. The molecule has 1 heterocycles. The van der Waals surface area contributed by atoms with Crippen molar-refractivity contribution in [2.24, 2.45) is 11.8 Å². The monoisotopic (exact) mass is 252 g/mol. The minimum absolute atomic E-state index is 0.664. The van der Waals surface area contributed by atoms with Gasteiger partial charge in [0.15, 0.2) is 0 Å². The van der Waals surface area contributed by atoms with E-state index in [2.05, 4.69) is 24.8 Å². The van der Waals surface area contributed by atoms with E-state index in [0.717, 1.165) is 18.4 Å². The minimum atomic E-state index is 0.664. The van der Waals surface area contributed by atoms with Gasteiger partial charge in [0.1, 0.15) is 0 Å². The molecule has 0 aliphatic carbocycles. The predicted octanol–water partition coefficient (Wildman–Crippen LogP) is 3.40. The van der Waals surface area contributed by atoms with Gasteiger partial charge in [-0.3, -0.25) is 4.90 Å². The molecule has 0 spiro atoms. The molecule has 0 radical (unpaired) electrons. The average molecular weight is 253 g/mol. The van der Waals surface area contributed by atoms with E-state index in [4.69, 9.17) is 17.3 Å². The Balaban J connectivity index is 1.96. The molecule has 1 saturated heterocycles. The summed E-state index contributed by atoms with van der Waals surface area (Å²) in [5, 5.41) is 0.669. The Morgan fingerprint density at radius 3 is 2.82 bits per heavy atom. The zero-order valence-electron chi connectivity index (χ0n) is 10.6. The molecule has 2 N–H and O–H groups in total. The van der Waals surface area contributed by atoms with Gasteiger partial charge < -0.3 is 5.73 Å². The summed E-state index contributed by atoms with van der Waals surface area (Å²) in [6.07, 6.45) is 1.32. The lowest BCUT2D eigenvalue weighted by Gasteiger charge is -2.18. The molecule has 1 atom stereocenters. The highest BCUT2D eigenvalue weighted by Crippen LogP contribution is 2.26.